The fourth-order valence-corrected chi connectivity index (χ4v) is 7.02. The first kappa shape index (κ1) is 28.3. The molecule has 0 unspecified atom stereocenters. The summed E-state index contributed by atoms with van der Waals surface area (Å²) < 4.78 is 43.2. The van der Waals surface area contributed by atoms with Gasteiger partial charge in [-0.25, -0.2) is 9.37 Å². The maximum absolute atomic E-state index is 15.3. The normalized spacial score (nSPS) is 18.9. The molecule has 11 nitrogen and oxygen atoms in total. The predicted molar refractivity (Wildman–Crippen MR) is 179 cm³/mol. The molecule has 47 heavy (non-hydrogen) atoms. The van der Waals surface area contributed by atoms with Gasteiger partial charge in [0.25, 0.3) is 17.0 Å². The van der Waals surface area contributed by atoms with Crippen molar-refractivity contribution in [3.05, 3.63) is 85.8 Å². The number of benzene rings is 1. The lowest BCUT2D eigenvalue weighted by atomic mass is 9.98. The van der Waals surface area contributed by atoms with Crippen molar-refractivity contribution in [2.45, 2.75) is 45.7 Å². The van der Waals surface area contributed by atoms with Gasteiger partial charge in [0.15, 0.2) is 5.65 Å². The van der Waals surface area contributed by atoms with Gasteiger partial charge in [0.1, 0.15) is 23.3 Å². The Morgan fingerprint density at radius 2 is 1.91 bits per heavy atom. The van der Waals surface area contributed by atoms with Gasteiger partial charge >= 0.3 is 0 Å². The Hall–Kier alpha value is -4.97. The van der Waals surface area contributed by atoms with Crippen LogP contribution in [0.5, 0.6) is 5.75 Å². The molecule has 5 heterocycles. The Labute approximate surface area is 278 Å². The van der Waals surface area contributed by atoms with E-state index in [-0.39, 0.29) is 63.3 Å². The second kappa shape index (κ2) is 11.4. The fourth-order valence-electron chi connectivity index (χ4n) is 6.78. The van der Waals surface area contributed by atoms with E-state index in [2.05, 4.69) is 6.58 Å². The zero-order valence-electron chi connectivity index (χ0n) is 29.3. The summed E-state index contributed by atoms with van der Waals surface area (Å²) in [4.78, 5) is 63.4. The number of aryl methyl sites for hydroxylation is 1. The molecule has 2 amide bonds. The standard InChI is InChI=1S/C34H34ClFN6O5/c1-8-24(44)40-15-22-33(46)39(7)31-30(41(22)14-18(40)5)19-13-20(35)27(26-21(36)10-9-11-23(26)43)37-32(19)42(34(31)47)29-17(4)12-25(45)38(6)28(29)16(2)3/h8-13,16,18,22,43H,1,14-15H2,2-7H3/t18-,22-/m1/s1/i7D3. The number of halogens is 2. The molecule has 2 aliphatic rings. The maximum atomic E-state index is 15.3. The van der Waals surface area contributed by atoms with Crippen molar-refractivity contribution < 1.29 is 23.2 Å². The van der Waals surface area contributed by atoms with E-state index in [9.17, 15) is 19.5 Å². The van der Waals surface area contributed by atoms with Crippen molar-refractivity contribution >= 4 is 45.8 Å². The Morgan fingerprint density at radius 1 is 1.19 bits per heavy atom. The molecule has 2 aliphatic heterocycles. The highest BCUT2D eigenvalue weighted by Crippen LogP contribution is 2.45. The van der Waals surface area contributed by atoms with Crippen molar-refractivity contribution in [2.24, 2.45) is 7.05 Å². The molecule has 2 atom stereocenters. The first-order valence-electron chi connectivity index (χ1n) is 16.4. The fraction of sp³-hybridized carbons (Fsp3) is 0.324. The van der Waals surface area contributed by atoms with Gasteiger partial charge in [-0.3, -0.25) is 23.7 Å². The molecule has 6 rings (SSSR count). The van der Waals surface area contributed by atoms with E-state index in [1.807, 2.05) is 13.8 Å². The topological polar surface area (TPSA) is 121 Å². The number of phenols is 1. The number of aromatic nitrogens is 3. The van der Waals surface area contributed by atoms with Gasteiger partial charge < -0.3 is 24.4 Å². The highest BCUT2D eigenvalue weighted by molar-refractivity contribution is 6.34. The van der Waals surface area contributed by atoms with E-state index >= 15 is 9.18 Å². The average Bonchev–Trinajstić information content (AvgIpc) is 3.02. The second-order valence-corrected chi connectivity index (χ2v) is 12.6. The molecule has 1 aromatic carbocycles. The number of carbonyl (C=O) groups excluding carboxylic acids is 2. The highest BCUT2D eigenvalue weighted by Gasteiger charge is 2.46. The number of likely N-dealkylation sites (N-methyl/N-ethyl adjacent to an activating group) is 1. The molecule has 0 saturated carbocycles. The number of carbonyl (C=O) groups is 2. The minimum atomic E-state index is -3.16. The summed E-state index contributed by atoms with van der Waals surface area (Å²) in [6.07, 6.45) is 1.11. The van der Waals surface area contributed by atoms with E-state index in [1.54, 1.807) is 18.7 Å². The van der Waals surface area contributed by atoms with Crippen LogP contribution in [0.4, 0.5) is 15.8 Å². The van der Waals surface area contributed by atoms with Crippen molar-refractivity contribution in [1.29, 1.82) is 0 Å². The number of pyridine rings is 3. The summed E-state index contributed by atoms with van der Waals surface area (Å²) in [5.41, 5.74) is -1.45. The lowest BCUT2D eigenvalue weighted by molar-refractivity contribution is -0.130. The number of fused-ring (bicyclic) bond motifs is 5. The summed E-state index contributed by atoms with van der Waals surface area (Å²) in [5, 5.41) is 10.7. The number of rotatable bonds is 4. The molecule has 4 aromatic rings. The molecular formula is C34H34ClFN6O5. The molecule has 0 aliphatic carbocycles. The Balaban J connectivity index is 1.85. The summed E-state index contributed by atoms with van der Waals surface area (Å²) in [6, 6.07) is 4.65. The lowest BCUT2D eigenvalue weighted by Gasteiger charge is -2.49. The summed E-state index contributed by atoms with van der Waals surface area (Å²) in [7, 11) is 1.54. The number of phenolic OH excluding ortho intramolecular Hbond substituents is 1. The van der Waals surface area contributed by atoms with Crippen LogP contribution < -0.4 is 20.9 Å². The quantitative estimate of drug-likeness (QED) is 0.324. The maximum Gasteiger partial charge on any atom is 0.283 e. The van der Waals surface area contributed by atoms with Crippen LogP contribution in [0, 0.1) is 12.7 Å². The molecule has 1 saturated heterocycles. The van der Waals surface area contributed by atoms with E-state index < -0.39 is 53.7 Å². The van der Waals surface area contributed by atoms with Gasteiger partial charge in [-0.05, 0) is 49.6 Å². The SMILES string of the molecule is [2H]C([2H])([2H])N1C(=O)[C@H]2CN(C(=O)C=C)[C@H](C)CN2c2c1c(=O)n(-c1c(C)cc(=O)n(C)c1C(C)C)c1nc(-c3c(O)cccc3F)c(Cl)cc21. The summed E-state index contributed by atoms with van der Waals surface area (Å²) >= 11 is 6.82. The van der Waals surface area contributed by atoms with Crippen LogP contribution in [-0.2, 0) is 16.6 Å². The van der Waals surface area contributed by atoms with E-state index in [1.165, 1.54) is 40.8 Å². The molecular weight excluding hydrogens is 627 g/mol. The molecule has 1 fully saturated rings. The zero-order chi connectivity index (χ0) is 36.7. The minimum absolute atomic E-state index is 0.0139. The zero-order valence-corrected chi connectivity index (χ0v) is 27.1. The molecule has 0 spiro atoms. The monoisotopic (exact) mass is 663 g/mol. The average molecular weight is 664 g/mol. The summed E-state index contributed by atoms with van der Waals surface area (Å²) in [6.45, 7) is 7.17. The van der Waals surface area contributed by atoms with Crippen LogP contribution in [0.15, 0.2) is 52.6 Å². The van der Waals surface area contributed by atoms with Crippen LogP contribution in [0.2, 0.25) is 5.02 Å². The first-order chi connectivity index (χ1) is 23.4. The predicted octanol–water partition coefficient (Wildman–Crippen LogP) is 4.25. The molecule has 3 aromatic heterocycles. The largest absolute Gasteiger partial charge is 0.507 e. The van der Waals surface area contributed by atoms with Gasteiger partial charge in [-0.1, -0.05) is 38.1 Å². The van der Waals surface area contributed by atoms with Crippen LogP contribution in [0.1, 0.15) is 42.1 Å². The van der Waals surface area contributed by atoms with Gasteiger partial charge in [-0.2, -0.15) is 0 Å². The Kier molecular flexibility index (Phi) is 6.84. The van der Waals surface area contributed by atoms with Crippen LogP contribution in [-0.4, -0.2) is 68.1 Å². The molecule has 1 N–H and O–H groups in total. The molecule has 13 heteroatoms. The Bertz CT molecular complexity index is 2250. The molecule has 0 radical (unpaired) electrons. The smallest absolute Gasteiger partial charge is 0.283 e. The van der Waals surface area contributed by atoms with E-state index in [0.717, 1.165) is 16.7 Å². The van der Waals surface area contributed by atoms with Crippen molar-refractivity contribution in [3.8, 4) is 22.7 Å². The van der Waals surface area contributed by atoms with Crippen LogP contribution >= 0.6 is 11.6 Å². The van der Waals surface area contributed by atoms with Gasteiger partial charge in [-0.15, -0.1) is 0 Å². The molecule has 0 bridgehead atoms. The van der Waals surface area contributed by atoms with Crippen molar-refractivity contribution in [2.75, 3.05) is 29.9 Å². The number of anilines is 2. The number of amides is 2. The number of hydrogen-bond acceptors (Lipinski definition) is 7. The van der Waals surface area contributed by atoms with Crippen LogP contribution in [0.25, 0.3) is 28.0 Å². The van der Waals surface area contributed by atoms with Gasteiger partial charge in [0.2, 0.25) is 5.91 Å². The lowest BCUT2D eigenvalue weighted by Crippen LogP contribution is -2.66. The number of hydrogen-bond donors (Lipinski definition) is 1. The van der Waals surface area contributed by atoms with E-state index in [4.69, 9.17) is 20.7 Å². The Morgan fingerprint density at radius 3 is 2.55 bits per heavy atom. The van der Waals surface area contributed by atoms with Crippen LogP contribution in [0.3, 0.4) is 0 Å². The summed E-state index contributed by atoms with van der Waals surface area (Å²) in [5.74, 6) is -3.06. The van der Waals surface area contributed by atoms with Gasteiger partial charge in [0, 0.05) is 47.9 Å². The number of aromatic hydroxyl groups is 1. The minimum Gasteiger partial charge on any atom is -0.507 e. The van der Waals surface area contributed by atoms with Crippen molar-refractivity contribution in [3.63, 3.8) is 0 Å². The second-order valence-electron chi connectivity index (χ2n) is 12.2. The first-order valence-corrected chi connectivity index (χ1v) is 15.3. The number of nitrogens with zero attached hydrogens (tertiary/aromatic N) is 6. The highest BCUT2D eigenvalue weighted by atomic mass is 35.5. The number of piperazine rings is 1. The van der Waals surface area contributed by atoms with E-state index in [0.29, 0.717) is 16.2 Å². The third-order valence-corrected chi connectivity index (χ3v) is 9.20. The third-order valence-electron chi connectivity index (χ3n) is 8.91. The van der Waals surface area contributed by atoms with Crippen molar-refractivity contribution in [1.82, 2.24) is 19.0 Å². The molecule has 244 valence electrons. The third kappa shape index (κ3) is 4.72. The van der Waals surface area contributed by atoms with Gasteiger partial charge in [0.05, 0.1) is 34.2 Å².